The van der Waals surface area contributed by atoms with Gasteiger partial charge in [0, 0.05) is 16.4 Å². The van der Waals surface area contributed by atoms with Gasteiger partial charge in [-0.3, -0.25) is 4.79 Å². The van der Waals surface area contributed by atoms with Crippen molar-refractivity contribution in [3.63, 3.8) is 0 Å². The van der Waals surface area contributed by atoms with Crippen LogP contribution in [0.4, 0.5) is 0 Å². The second kappa shape index (κ2) is 4.21. The summed E-state index contributed by atoms with van der Waals surface area (Å²) in [6.07, 6.45) is 2.64. The van der Waals surface area contributed by atoms with Crippen LogP contribution < -0.4 is 0 Å². The topological polar surface area (TPSA) is 22.0 Å². The fourth-order valence-electron chi connectivity index (χ4n) is 1.36. The maximum Gasteiger partial charge on any atom is 0.166 e. The van der Waals surface area contributed by atoms with Gasteiger partial charge in [0.1, 0.15) is 0 Å². The zero-order valence-corrected chi connectivity index (χ0v) is 9.99. The van der Waals surface area contributed by atoms with Crippen LogP contribution in [0.3, 0.4) is 0 Å². The van der Waals surface area contributed by atoms with Crippen molar-refractivity contribution < 1.29 is 4.79 Å². The fourth-order valence-corrected chi connectivity index (χ4v) is 1.78. The lowest BCUT2D eigenvalue weighted by atomic mass is 10.3. The SMILES string of the molecule is O=Cc1cccn1-c1ccc(Br)c(Cl)c1. The Morgan fingerprint density at radius 3 is 2.80 bits per heavy atom. The molecule has 1 heterocycles. The standard InChI is InChI=1S/C11H7BrClNO/c12-10-4-3-8(6-11(10)13)14-5-1-2-9(14)7-15/h1-7H. The molecule has 0 aliphatic heterocycles. The van der Waals surface area contributed by atoms with E-state index >= 15 is 0 Å². The molecule has 0 saturated heterocycles. The first kappa shape index (κ1) is 10.5. The minimum absolute atomic E-state index is 0.605. The molecular formula is C11H7BrClNO. The van der Waals surface area contributed by atoms with Crippen LogP contribution in [0.5, 0.6) is 0 Å². The summed E-state index contributed by atoms with van der Waals surface area (Å²) in [6.45, 7) is 0. The van der Waals surface area contributed by atoms with Gasteiger partial charge in [-0.25, -0.2) is 0 Å². The molecule has 15 heavy (non-hydrogen) atoms. The highest BCUT2D eigenvalue weighted by Gasteiger charge is 2.04. The summed E-state index contributed by atoms with van der Waals surface area (Å²) in [4.78, 5) is 10.8. The Balaban J connectivity index is 2.54. The van der Waals surface area contributed by atoms with Crippen molar-refractivity contribution in [3.05, 3.63) is 51.7 Å². The summed E-state index contributed by atoms with van der Waals surface area (Å²) in [7, 11) is 0. The van der Waals surface area contributed by atoms with Gasteiger partial charge >= 0.3 is 0 Å². The maximum atomic E-state index is 10.8. The Kier molecular flexibility index (Phi) is 2.93. The van der Waals surface area contributed by atoms with Crippen LogP contribution in [-0.4, -0.2) is 10.9 Å². The summed E-state index contributed by atoms with van der Waals surface area (Å²) in [5.41, 5.74) is 1.48. The molecule has 0 saturated carbocycles. The number of hydrogen-bond acceptors (Lipinski definition) is 1. The third kappa shape index (κ3) is 1.98. The van der Waals surface area contributed by atoms with E-state index in [1.807, 2.05) is 24.4 Å². The number of aromatic nitrogens is 1. The number of hydrogen-bond donors (Lipinski definition) is 0. The third-order valence-corrected chi connectivity index (χ3v) is 3.31. The number of aldehydes is 1. The second-order valence-corrected chi connectivity index (χ2v) is 4.28. The van der Waals surface area contributed by atoms with E-state index in [0.717, 1.165) is 16.4 Å². The average Bonchev–Trinajstić information content (AvgIpc) is 2.70. The number of carbonyl (C=O) groups is 1. The molecule has 2 nitrogen and oxygen atoms in total. The molecule has 0 aliphatic carbocycles. The van der Waals surface area contributed by atoms with Crippen molar-refractivity contribution in [1.82, 2.24) is 4.57 Å². The highest BCUT2D eigenvalue weighted by molar-refractivity contribution is 9.10. The molecule has 0 amide bonds. The summed E-state index contributed by atoms with van der Waals surface area (Å²) in [6, 6.07) is 9.12. The van der Waals surface area contributed by atoms with Gasteiger partial charge < -0.3 is 4.57 Å². The predicted molar refractivity (Wildman–Crippen MR) is 63.9 cm³/mol. The Labute approximate surface area is 101 Å². The maximum absolute atomic E-state index is 10.8. The van der Waals surface area contributed by atoms with Crippen molar-refractivity contribution in [2.24, 2.45) is 0 Å². The van der Waals surface area contributed by atoms with E-state index in [2.05, 4.69) is 15.9 Å². The summed E-state index contributed by atoms with van der Waals surface area (Å²) in [5.74, 6) is 0. The van der Waals surface area contributed by atoms with Gasteiger partial charge in [-0.1, -0.05) is 11.6 Å². The van der Waals surface area contributed by atoms with Crippen LogP contribution in [0, 0.1) is 0 Å². The lowest BCUT2D eigenvalue weighted by Gasteiger charge is -2.06. The Bertz CT molecular complexity index is 507. The van der Waals surface area contributed by atoms with Crippen molar-refractivity contribution in [2.75, 3.05) is 0 Å². The molecule has 2 aromatic rings. The number of rotatable bonds is 2. The van der Waals surface area contributed by atoms with Gasteiger partial charge in [0.2, 0.25) is 0 Å². The molecule has 0 radical (unpaired) electrons. The minimum atomic E-state index is 0.605. The highest BCUT2D eigenvalue weighted by atomic mass is 79.9. The number of benzene rings is 1. The van der Waals surface area contributed by atoms with Gasteiger partial charge in [-0.2, -0.15) is 0 Å². The van der Waals surface area contributed by atoms with E-state index in [0.29, 0.717) is 10.7 Å². The first-order chi connectivity index (χ1) is 7.22. The summed E-state index contributed by atoms with van der Waals surface area (Å²) < 4.78 is 2.62. The quantitative estimate of drug-likeness (QED) is 0.771. The third-order valence-electron chi connectivity index (χ3n) is 2.08. The van der Waals surface area contributed by atoms with Gasteiger partial charge in [0.15, 0.2) is 6.29 Å². The van der Waals surface area contributed by atoms with Crippen molar-refractivity contribution >= 4 is 33.8 Å². The fraction of sp³-hybridized carbons (Fsp3) is 0. The molecule has 0 spiro atoms. The number of halogens is 2. The van der Waals surface area contributed by atoms with Crippen LogP contribution in [0.2, 0.25) is 5.02 Å². The molecule has 2 rings (SSSR count). The predicted octanol–water partition coefficient (Wildman–Crippen LogP) is 3.71. The van der Waals surface area contributed by atoms with Crippen LogP contribution >= 0.6 is 27.5 Å². The molecule has 0 unspecified atom stereocenters. The van der Waals surface area contributed by atoms with Crippen LogP contribution in [0.25, 0.3) is 5.69 Å². The minimum Gasteiger partial charge on any atom is -0.314 e. The van der Waals surface area contributed by atoms with Crippen molar-refractivity contribution in [3.8, 4) is 5.69 Å². The molecule has 0 bridgehead atoms. The monoisotopic (exact) mass is 283 g/mol. The zero-order valence-electron chi connectivity index (χ0n) is 7.65. The van der Waals surface area contributed by atoms with E-state index in [-0.39, 0.29) is 0 Å². The summed E-state index contributed by atoms with van der Waals surface area (Å²) in [5, 5.41) is 0.623. The van der Waals surface area contributed by atoms with Gasteiger partial charge in [0.05, 0.1) is 10.7 Å². The smallest absolute Gasteiger partial charge is 0.166 e. The molecule has 0 fully saturated rings. The first-order valence-corrected chi connectivity index (χ1v) is 5.47. The normalized spacial score (nSPS) is 10.3. The van der Waals surface area contributed by atoms with Gasteiger partial charge in [0.25, 0.3) is 0 Å². The second-order valence-electron chi connectivity index (χ2n) is 3.02. The average molecular weight is 285 g/mol. The molecule has 1 aromatic carbocycles. The van der Waals surface area contributed by atoms with Crippen LogP contribution in [0.1, 0.15) is 10.5 Å². The van der Waals surface area contributed by atoms with E-state index in [1.54, 1.807) is 16.7 Å². The first-order valence-electron chi connectivity index (χ1n) is 4.30. The van der Waals surface area contributed by atoms with Crippen molar-refractivity contribution in [1.29, 1.82) is 0 Å². The molecule has 4 heteroatoms. The molecule has 0 N–H and O–H groups in total. The molecule has 1 aromatic heterocycles. The van der Waals surface area contributed by atoms with Crippen molar-refractivity contribution in [2.45, 2.75) is 0 Å². The molecule has 76 valence electrons. The number of carbonyl (C=O) groups excluding carboxylic acids is 1. The van der Waals surface area contributed by atoms with E-state index in [9.17, 15) is 4.79 Å². The van der Waals surface area contributed by atoms with Gasteiger partial charge in [-0.15, -0.1) is 0 Å². The Hall–Kier alpha value is -1.06. The number of nitrogens with zero attached hydrogens (tertiary/aromatic N) is 1. The summed E-state index contributed by atoms with van der Waals surface area (Å²) >= 11 is 9.30. The van der Waals surface area contributed by atoms with Gasteiger partial charge in [-0.05, 0) is 46.3 Å². The lowest BCUT2D eigenvalue weighted by molar-refractivity contribution is 0.111. The van der Waals surface area contributed by atoms with Crippen LogP contribution in [-0.2, 0) is 0 Å². The Morgan fingerprint density at radius 1 is 1.33 bits per heavy atom. The van der Waals surface area contributed by atoms with E-state index in [1.165, 1.54) is 0 Å². The largest absolute Gasteiger partial charge is 0.314 e. The molecule has 0 atom stereocenters. The van der Waals surface area contributed by atoms with E-state index < -0.39 is 0 Å². The highest BCUT2D eigenvalue weighted by Crippen LogP contribution is 2.25. The molecular weight excluding hydrogens is 277 g/mol. The Morgan fingerprint density at radius 2 is 2.13 bits per heavy atom. The lowest BCUT2D eigenvalue weighted by Crippen LogP contribution is -1.97. The van der Waals surface area contributed by atoms with E-state index in [4.69, 9.17) is 11.6 Å². The van der Waals surface area contributed by atoms with Crippen LogP contribution in [0.15, 0.2) is 41.0 Å². The zero-order chi connectivity index (χ0) is 10.8. The molecule has 0 aliphatic rings.